The summed E-state index contributed by atoms with van der Waals surface area (Å²) in [5.74, 6) is 0. The van der Waals surface area contributed by atoms with E-state index in [0.717, 1.165) is 30.5 Å². The highest BCUT2D eigenvalue weighted by Crippen LogP contribution is 2.33. The molecule has 5 nitrogen and oxygen atoms in total. The standard InChI is InChI=1S/C12H16BrN3O2/c1-2-5-15(10-7-14-8-10)12-6-9(13)3-4-11(12)16(17)18/h3-4,6,10,14H,2,5,7-8H2,1H3. The number of nitrogens with one attached hydrogen (secondary N) is 1. The number of nitro benzene ring substituents is 1. The molecule has 1 aromatic carbocycles. The minimum Gasteiger partial charge on any atom is -0.360 e. The zero-order valence-corrected chi connectivity index (χ0v) is 11.8. The Labute approximate surface area is 114 Å². The first-order valence-corrected chi connectivity index (χ1v) is 6.84. The molecule has 0 aliphatic carbocycles. The Balaban J connectivity index is 2.37. The van der Waals surface area contributed by atoms with Crippen LogP contribution in [0.25, 0.3) is 0 Å². The van der Waals surface area contributed by atoms with E-state index in [0.29, 0.717) is 11.7 Å². The molecule has 1 fully saturated rings. The molecular weight excluding hydrogens is 298 g/mol. The van der Waals surface area contributed by atoms with Crippen LogP contribution in [0, 0.1) is 10.1 Å². The number of hydrogen-bond acceptors (Lipinski definition) is 4. The van der Waals surface area contributed by atoms with Crippen LogP contribution < -0.4 is 10.2 Å². The van der Waals surface area contributed by atoms with Gasteiger partial charge in [0, 0.05) is 30.2 Å². The van der Waals surface area contributed by atoms with E-state index in [1.165, 1.54) is 0 Å². The van der Waals surface area contributed by atoms with Crippen LogP contribution in [-0.2, 0) is 0 Å². The minimum absolute atomic E-state index is 0.179. The summed E-state index contributed by atoms with van der Waals surface area (Å²) in [6.45, 7) is 4.71. The number of anilines is 1. The first-order valence-electron chi connectivity index (χ1n) is 6.04. The van der Waals surface area contributed by atoms with Gasteiger partial charge in [0.05, 0.1) is 11.0 Å². The lowest BCUT2D eigenvalue weighted by atomic mass is 10.1. The summed E-state index contributed by atoms with van der Waals surface area (Å²) in [5.41, 5.74) is 0.890. The molecule has 0 radical (unpaired) electrons. The van der Waals surface area contributed by atoms with Crippen molar-refractivity contribution in [1.29, 1.82) is 0 Å². The molecule has 0 amide bonds. The molecule has 0 unspecified atom stereocenters. The van der Waals surface area contributed by atoms with Gasteiger partial charge in [-0.25, -0.2) is 0 Å². The third-order valence-corrected chi connectivity index (χ3v) is 3.60. The molecule has 1 aliphatic rings. The first-order chi connectivity index (χ1) is 8.63. The molecule has 1 heterocycles. The van der Waals surface area contributed by atoms with Crippen molar-refractivity contribution < 1.29 is 4.92 Å². The van der Waals surface area contributed by atoms with Gasteiger partial charge in [0.2, 0.25) is 0 Å². The molecule has 0 aromatic heterocycles. The summed E-state index contributed by atoms with van der Waals surface area (Å²) in [4.78, 5) is 12.9. The molecule has 0 atom stereocenters. The van der Waals surface area contributed by atoms with Crippen LogP contribution in [-0.4, -0.2) is 30.6 Å². The normalized spacial score (nSPS) is 15.2. The van der Waals surface area contributed by atoms with Gasteiger partial charge in [-0.15, -0.1) is 0 Å². The highest BCUT2D eigenvalue weighted by atomic mass is 79.9. The second kappa shape index (κ2) is 5.67. The topological polar surface area (TPSA) is 58.4 Å². The summed E-state index contributed by atoms with van der Waals surface area (Å²) in [6, 6.07) is 5.48. The van der Waals surface area contributed by atoms with E-state index in [1.807, 2.05) is 6.07 Å². The Hall–Kier alpha value is -1.14. The molecule has 0 bridgehead atoms. The number of hydrogen-bond donors (Lipinski definition) is 1. The first kappa shape index (κ1) is 13.3. The van der Waals surface area contributed by atoms with Crippen LogP contribution in [0.5, 0.6) is 0 Å². The molecule has 2 rings (SSSR count). The zero-order valence-electron chi connectivity index (χ0n) is 10.2. The van der Waals surface area contributed by atoms with Gasteiger partial charge in [-0.2, -0.15) is 0 Å². The highest BCUT2D eigenvalue weighted by molar-refractivity contribution is 9.10. The van der Waals surface area contributed by atoms with Gasteiger partial charge in [0.15, 0.2) is 0 Å². The molecule has 6 heteroatoms. The number of rotatable bonds is 5. The van der Waals surface area contributed by atoms with Crippen molar-refractivity contribution in [2.75, 3.05) is 24.5 Å². The van der Waals surface area contributed by atoms with Crippen LogP contribution in [0.3, 0.4) is 0 Å². The maximum atomic E-state index is 11.1. The van der Waals surface area contributed by atoms with E-state index >= 15 is 0 Å². The van der Waals surface area contributed by atoms with E-state index in [1.54, 1.807) is 12.1 Å². The Morgan fingerprint density at radius 2 is 2.28 bits per heavy atom. The number of nitrogens with zero attached hydrogens (tertiary/aromatic N) is 2. The fourth-order valence-corrected chi connectivity index (χ4v) is 2.46. The largest absolute Gasteiger partial charge is 0.360 e. The van der Waals surface area contributed by atoms with Crippen molar-refractivity contribution in [1.82, 2.24) is 5.32 Å². The smallest absolute Gasteiger partial charge is 0.292 e. The zero-order chi connectivity index (χ0) is 13.1. The second-order valence-corrected chi connectivity index (χ2v) is 5.31. The Kier molecular flexibility index (Phi) is 4.19. The monoisotopic (exact) mass is 313 g/mol. The lowest BCUT2D eigenvalue weighted by Gasteiger charge is -2.39. The predicted molar refractivity (Wildman–Crippen MR) is 75.1 cm³/mol. The van der Waals surface area contributed by atoms with Crippen molar-refractivity contribution in [2.45, 2.75) is 19.4 Å². The Morgan fingerprint density at radius 3 is 2.78 bits per heavy atom. The van der Waals surface area contributed by atoms with Crippen molar-refractivity contribution in [3.63, 3.8) is 0 Å². The summed E-state index contributed by atoms with van der Waals surface area (Å²) < 4.78 is 0.872. The van der Waals surface area contributed by atoms with Gasteiger partial charge in [-0.3, -0.25) is 10.1 Å². The molecule has 0 spiro atoms. The third-order valence-electron chi connectivity index (χ3n) is 3.11. The molecular formula is C12H16BrN3O2. The van der Waals surface area contributed by atoms with E-state index in [4.69, 9.17) is 0 Å². The van der Waals surface area contributed by atoms with E-state index in [-0.39, 0.29) is 10.6 Å². The number of benzene rings is 1. The molecule has 98 valence electrons. The quantitative estimate of drug-likeness (QED) is 0.670. The maximum absolute atomic E-state index is 11.1. The summed E-state index contributed by atoms with van der Waals surface area (Å²) in [5, 5.41) is 14.3. The van der Waals surface area contributed by atoms with Crippen LogP contribution in [0.2, 0.25) is 0 Å². The lowest BCUT2D eigenvalue weighted by molar-refractivity contribution is -0.384. The van der Waals surface area contributed by atoms with E-state index in [2.05, 4.69) is 33.1 Å². The lowest BCUT2D eigenvalue weighted by Crippen LogP contribution is -2.57. The van der Waals surface area contributed by atoms with Crippen LogP contribution in [0.15, 0.2) is 22.7 Å². The van der Waals surface area contributed by atoms with Crippen molar-refractivity contribution >= 4 is 27.3 Å². The summed E-state index contributed by atoms with van der Waals surface area (Å²) in [6.07, 6.45) is 0.972. The maximum Gasteiger partial charge on any atom is 0.292 e. The molecule has 0 saturated carbocycles. The number of nitro groups is 1. The summed E-state index contributed by atoms with van der Waals surface area (Å²) in [7, 11) is 0. The van der Waals surface area contributed by atoms with Crippen molar-refractivity contribution in [2.24, 2.45) is 0 Å². The number of halogens is 1. The second-order valence-electron chi connectivity index (χ2n) is 4.40. The highest BCUT2D eigenvalue weighted by Gasteiger charge is 2.29. The van der Waals surface area contributed by atoms with Gasteiger partial charge in [0.25, 0.3) is 5.69 Å². The van der Waals surface area contributed by atoms with Crippen LogP contribution in [0.4, 0.5) is 11.4 Å². The molecule has 1 saturated heterocycles. The van der Waals surface area contributed by atoms with Gasteiger partial charge >= 0.3 is 0 Å². The third kappa shape index (κ3) is 2.64. The van der Waals surface area contributed by atoms with E-state index in [9.17, 15) is 10.1 Å². The predicted octanol–water partition coefficient (Wildman–Crippen LogP) is 2.55. The van der Waals surface area contributed by atoms with Gasteiger partial charge < -0.3 is 10.2 Å². The molecule has 18 heavy (non-hydrogen) atoms. The molecule has 1 aliphatic heterocycles. The van der Waals surface area contributed by atoms with Crippen molar-refractivity contribution in [3.8, 4) is 0 Å². The van der Waals surface area contributed by atoms with Gasteiger partial charge in [0.1, 0.15) is 5.69 Å². The average molecular weight is 314 g/mol. The minimum atomic E-state index is -0.309. The average Bonchev–Trinajstić information content (AvgIpc) is 2.25. The van der Waals surface area contributed by atoms with E-state index < -0.39 is 0 Å². The Morgan fingerprint density at radius 1 is 1.56 bits per heavy atom. The van der Waals surface area contributed by atoms with Crippen LogP contribution >= 0.6 is 15.9 Å². The van der Waals surface area contributed by atoms with Crippen LogP contribution in [0.1, 0.15) is 13.3 Å². The molecule has 1 N–H and O–H groups in total. The summed E-state index contributed by atoms with van der Waals surface area (Å²) >= 11 is 3.39. The Bertz CT molecular complexity index is 449. The fraction of sp³-hybridized carbons (Fsp3) is 0.500. The van der Waals surface area contributed by atoms with Crippen molar-refractivity contribution in [3.05, 3.63) is 32.8 Å². The van der Waals surface area contributed by atoms with Gasteiger partial charge in [-0.05, 0) is 18.6 Å². The fourth-order valence-electron chi connectivity index (χ4n) is 2.12. The van der Waals surface area contributed by atoms with Gasteiger partial charge in [-0.1, -0.05) is 22.9 Å². The SMILES string of the molecule is CCCN(c1cc(Br)ccc1[N+](=O)[O-])C1CNC1. The molecule has 1 aromatic rings.